The van der Waals surface area contributed by atoms with E-state index < -0.39 is 0 Å². The van der Waals surface area contributed by atoms with Crippen molar-refractivity contribution in [2.45, 2.75) is 57.4 Å². The van der Waals surface area contributed by atoms with Gasteiger partial charge in [0.05, 0.1) is 6.04 Å². The van der Waals surface area contributed by atoms with Crippen molar-refractivity contribution in [2.75, 3.05) is 6.54 Å². The van der Waals surface area contributed by atoms with E-state index in [1.807, 2.05) is 0 Å². The van der Waals surface area contributed by atoms with Gasteiger partial charge in [-0.05, 0) is 31.7 Å². The van der Waals surface area contributed by atoms with E-state index in [-0.39, 0.29) is 6.04 Å². The summed E-state index contributed by atoms with van der Waals surface area (Å²) in [5.74, 6) is 2.89. The minimum absolute atomic E-state index is 0.278. The highest BCUT2D eigenvalue weighted by Gasteiger charge is 2.30. The molecule has 0 radical (unpaired) electrons. The number of nitrogens with one attached hydrogen (secondary N) is 1. The van der Waals surface area contributed by atoms with E-state index in [1.165, 1.54) is 38.5 Å². The maximum absolute atomic E-state index is 5.45. The molecule has 4 nitrogen and oxygen atoms in total. The SMILES string of the molecule is CC1CCNC1c1nc(C2CCCCC2)no1. The molecule has 4 heteroatoms. The lowest BCUT2D eigenvalue weighted by molar-refractivity contribution is 0.312. The van der Waals surface area contributed by atoms with Crippen LogP contribution in [0.2, 0.25) is 0 Å². The van der Waals surface area contributed by atoms with Crippen molar-refractivity contribution in [3.63, 3.8) is 0 Å². The van der Waals surface area contributed by atoms with Crippen molar-refractivity contribution in [3.05, 3.63) is 11.7 Å². The zero-order valence-electron chi connectivity index (χ0n) is 10.5. The van der Waals surface area contributed by atoms with Gasteiger partial charge in [-0.15, -0.1) is 0 Å². The molecule has 2 fully saturated rings. The van der Waals surface area contributed by atoms with Crippen molar-refractivity contribution in [3.8, 4) is 0 Å². The van der Waals surface area contributed by atoms with E-state index in [0.717, 1.165) is 18.3 Å². The van der Waals surface area contributed by atoms with E-state index in [0.29, 0.717) is 11.8 Å². The molecule has 0 amide bonds. The van der Waals surface area contributed by atoms with E-state index in [1.54, 1.807) is 0 Å². The zero-order valence-corrected chi connectivity index (χ0v) is 10.5. The molecule has 0 aromatic carbocycles. The molecule has 1 aliphatic heterocycles. The van der Waals surface area contributed by atoms with E-state index in [4.69, 9.17) is 4.52 Å². The summed E-state index contributed by atoms with van der Waals surface area (Å²) in [6.07, 6.45) is 7.65. The van der Waals surface area contributed by atoms with Gasteiger partial charge in [0.15, 0.2) is 5.82 Å². The standard InChI is InChI=1S/C13H21N3O/c1-9-7-8-14-11(9)13-15-12(16-17-13)10-5-3-2-4-6-10/h9-11,14H,2-8H2,1H3. The summed E-state index contributed by atoms with van der Waals surface area (Å²) in [6, 6.07) is 0.278. The Hall–Kier alpha value is -0.900. The van der Waals surface area contributed by atoms with Gasteiger partial charge in [0.25, 0.3) is 0 Å². The lowest BCUT2D eigenvalue weighted by Gasteiger charge is -2.17. The highest BCUT2D eigenvalue weighted by molar-refractivity contribution is 5.02. The molecule has 2 heterocycles. The van der Waals surface area contributed by atoms with Crippen molar-refractivity contribution in [1.82, 2.24) is 15.5 Å². The van der Waals surface area contributed by atoms with Gasteiger partial charge >= 0.3 is 0 Å². The average Bonchev–Trinajstić information content (AvgIpc) is 2.98. The number of rotatable bonds is 2. The predicted molar refractivity (Wildman–Crippen MR) is 64.6 cm³/mol. The summed E-state index contributed by atoms with van der Waals surface area (Å²) >= 11 is 0. The molecule has 1 saturated carbocycles. The molecule has 1 saturated heterocycles. The second kappa shape index (κ2) is 4.77. The molecular formula is C13H21N3O. The summed E-state index contributed by atoms with van der Waals surface area (Å²) in [4.78, 5) is 4.63. The molecule has 0 spiro atoms. The number of hydrogen-bond acceptors (Lipinski definition) is 4. The van der Waals surface area contributed by atoms with E-state index >= 15 is 0 Å². The molecule has 17 heavy (non-hydrogen) atoms. The highest BCUT2D eigenvalue weighted by Crippen LogP contribution is 2.33. The molecule has 1 aromatic rings. The third-order valence-electron chi connectivity index (χ3n) is 4.23. The Balaban J connectivity index is 1.73. The Labute approximate surface area is 102 Å². The van der Waals surface area contributed by atoms with Gasteiger partial charge in [-0.2, -0.15) is 4.98 Å². The number of aromatic nitrogens is 2. The fourth-order valence-corrected chi connectivity index (χ4v) is 3.07. The normalized spacial score (nSPS) is 30.9. The molecular weight excluding hydrogens is 214 g/mol. The number of hydrogen-bond donors (Lipinski definition) is 1. The molecule has 3 rings (SSSR count). The summed E-state index contributed by atoms with van der Waals surface area (Å²) in [7, 11) is 0. The van der Waals surface area contributed by atoms with Crippen LogP contribution in [0, 0.1) is 5.92 Å². The van der Waals surface area contributed by atoms with Crippen LogP contribution in [0.4, 0.5) is 0 Å². The predicted octanol–water partition coefficient (Wildman–Crippen LogP) is 2.79. The quantitative estimate of drug-likeness (QED) is 0.856. The maximum atomic E-state index is 5.45. The molecule has 1 aromatic heterocycles. The lowest BCUT2D eigenvalue weighted by Crippen LogP contribution is -2.17. The summed E-state index contributed by atoms with van der Waals surface area (Å²) in [5, 5.41) is 7.64. The van der Waals surface area contributed by atoms with Crippen LogP contribution in [0.3, 0.4) is 0 Å². The first-order valence-corrected chi connectivity index (χ1v) is 6.91. The van der Waals surface area contributed by atoms with Crippen molar-refractivity contribution < 1.29 is 4.52 Å². The third kappa shape index (κ3) is 2.23. The molecule has 2 unspecified atom stereocenters. The molecule has 2 aliphatic rings. The first-order chi connectivity index (χ1) is 8.34. The fourth-order valence-electron chi connectivity index (χ4n) is 3.07. The third-order valence-corrected chi connectivity index (χ3v) is 4.23. The topological polar surface area (TPSA) is 51.0 Å². The van der Waals surface area contributed by atoms with E-state index in [2.05, 4.69) is 22.4 Å². The molecule has 1 aliphatic carbocycles. The Morgan fingerprint density at radius 3 is 2.71 bits per heavy atom. The van der Waals surface area contributed by atoms with Crippen molar-refractivity contribution in [2.24, 2.45) is 5.92 Å². The van der Waals surface area contributed by atoms with Crippen LogP contribution in [-0.2, 0) is 0 Å². The van der Waals surface area contributed by atoms with Crippen LogP contribution in [0.15, 0.2) is 4.52 Å². The molecule has 2 atom stereocenters. The summed E-state index contributed by atoms with van der Waals surface area (Å²) in [5.41, 5.74) is 0. The first kappa shape index (κ1) is 11.2. The highest BCUT2D eigenvalue weighted by atomic mass is 16.5. The maximum Gasteiger partial charge on any atom is 0.244 e. The molecule has 0 bridgehead atoms. The van der Waals surface area contributed by atoms with Gasteiger partial charge < -0.3 is 9.84 Å². The lowest BCUT2D eigenvalue weighted by atomic mass is 9.89. The van der Waals surface area contributed by atoms with Gasteiger partial charge in [-0.25, -0.2) is 0 Å². The van der Waals surface area contributed by atoms with Crippen LogP contribution < -0.4 is 5.32 Å². The van der Waals surface area contributed by atoms with Gasteiger partial charge in [0, 0.05) is 5.92 Å². The Kier molecular flexibility index (Phi) is 3.14. The first-order valence-electron chi connectivity index (χ1n) is 6.91. The van der Waals surface area contributed by atoms with Crippen LogP contribution in [0.1, 0.15) is 69.1 Å². The summed E-state index contributed by atoms with van der Waals surface area (Å²) in [6.45, 7) is 3.31. The smallest absolute Gasteiger partial charge is 0.244 e. The monoisotopic (exact) mass is 235 g/mol. The van der Waals surface area contributed by atoms with Gasteiger partial charge in [0.1, 0.15) is 0 Å². The second-order valence-corrected chi connectivity index (χ2v) is 5.52. The largest absolute Gasteiger partial charge is 0.338 e. The van der Waals surface area contributed by atoms with Crippen LogP contribution >= 0.6 is 0 Å². The van der Waals surface area contributed by atoms with Crippen molar-refractivity contribution in [1.29, 1.82) is 0 Å². The van der Waals surface area contributed by atoms with Crippen molar-refractivity contribution >= 4 is 0 Å². The van der Waals surface area contributed by atoms with Gasteiger partial charge in [-0.3, -0.25) is 0 Å². The number of nitrogens with zero attached hydrogens (tertiary/aromatic N) is 2. The average molecular weight is 235 g/mol. The van der Waals surface area contributed by atoms with Crippen LogP contribution in [0.5, 0.6) is 0 Å². The Bertz CT molecular complexity index is 370. The van der Waals surface area contributed by atoms with E-state index in [9.17, 15) is 0 Å². The minimum atomic E-state index is 0.278. The Morgan fingerprint density at radius 2 is 2.00 bits per heavy atom. The van der Waals surface area contributed by atoms with Gasteiger partial charge in [-0.1, -0.05) is 31.3 Å². The zero-order chi connectivity index (χ0) is 11.7. The Morgan fingerprint density at radius 1 is 1.18 bits per heavy atom. The summed E-state index contributed by atoms with van der Waals surface area (Å²) < 4.78 is 5.45. The molecule has 94 valence electrons. The second-order valence-electron chi connectivity index (χ2n) is 5.52. The van der Waals surface area contributed by atoms with Crippen LogP contribution in [-0.4, -0.2) is 16.7 Å². The minimum Gasteiger partial charge on any atom is -0.338 e. The fraction of sp³-hybridized carbons (Fsp3) is 0.846. The van der Waals surface area contributed by atoms with Crippen LogP contribution in [0.25, 0.3) is 0 Å². The molecule has 1 N–H and O–H groups in total. The van der Waals surface area contributed by atoms with Gasteiger partial charge in [0.2, 0.25) is 5.89 Å².